The van der Waals surface area contributed by atoms with Crippen LogP contribution in [0, 0.1) is 0 Å². The van der Waals surface area contributed by atoms with Gasteiger partial charge in [0.25, 0.3) is 0 Å². The Hall–Kier alpha value is -2.53. The van der Waals surface area contributed by atoms with Crippen LogP contribution in [0.15, 0.2) is 42.5 Å². The maximum absolute atomic E-state index is 12.7. The van der Waals surface area contributed by atoms with Crippen LogP contribution in [-0.4, -0.2) is 37.1 Å². The summed E-state index contributed by atoms with van der Waals surface area (Å²) >= 11 is 0. The van der Waals surface area contributed by atoms with Crippen LogP contribution in [0.2, 0.25) is 0 Å². The van der Waals surface area contributed by atoms with Crippen molar-refractivity contribution in [3.8, 4) is 11.5 Å². The molecule has 2 aliphatic rings. The summed E-state index contributed by atoms with van der Waals surface area (Å²) in [7, 11) is 0. The Morgan fingerprint density at radius 2 is 2.15 bits per heavy atom. The Labute approximate surface area is 160 Å². The highest BCUT2D eigenvalue weighted by atomic mass is 16.5. The second-order valence-corrected chi connectivity index (χ2v) is 7.12. The van der Waals surface area contributed by atoms with Crippen LogP contribution in [-0.2, 0) is 17.8 Å². The monoisotopic (exact) mass is 366 g/mol. The first kappa shape index (κ1) is 17.9. The Morgan fingerprint density at radius 3 is 3.04 bits per heavy atom. The fourth-order valence-corrected chi connectivity index (χ4v) is 3.92. The summed E-state index contributed by atoms with van der Waals surface area (Å²) in [6.07, 6.45) is 1.78. The van der Waals surface area contributed by atoms with Gasteiger partial charge in [0.2, 0.25) is 5.91 Å². The van der Waals surface area contributed by atoms with Gasteiger partial charge in [-0.1, -0.05) is 24.3 Å². The first-order valence-corrected chi connectivity index (χ1v) is 9.71. The van der Waals surface area contributed by atoms with E-state index >= 15 is 0 Å². The quantitative estimate of drug-likeness (QED) is 0.884. The van der Waals surface area contributed by atoms with E-state index in [9.17, 15) is 4.79 Å². The number of carbonyl (C=O) groups is 1. The lowest BCUT2D eigenvalue weighted by Crippen LogP contribution is -2.42. The van der Waals surface area contributed by atoms with Gasteiger partial charge >= 0.3 is 0 Å². The Morgan fingerprint density at radius 1 is 1.26 bits per heavy atom. The molecule has 0 spiro atoms. The molecule has 2 aliphatic heterocycles. The molecule has 1 amide bonds. The van der Waals surface area contributed by atoms with Crippen molar-refractivity contribution in [1.82, 2.24) is 10.2 Å². The largest absolute Gasteiger partial charge is 0.494 e. The standard InChI is InChI=1S/C22H26N2O3/c1-2-26-18-8-7-16-9-11-24(14-17(16)13-18)15-22(25)23-20-10-12-27-21-6-4-3-5-19(20)21/h3-8,13,20H,2,9-12,14-15H2,1H3,(H,23,25). The number of hydrogen-bond donors (Lipinski definition) is 1. The Bertz CT molecular complexity index is 821. The summed E-state index contributed by atoms with van der Waals surface area (Å²) in [4.78, 5) is 14.9. The highest BCUT2D eigenvalue weighted by Crippen LogP contribution is 2.31. The third-order valence-electron chi connectivity index (χ3n) is 5.24. The van der Waals surface area contributed by atoms with Gasteiger partial charge in [-0.05, 0) is 42.7 Å². The molecule has 4 rings (SSSR count). The molecule has 0 saturated heterocycles. The molecule has 2 aromatic carbocycles. The Balaban J connectivity index is 1.38. The molecule has 1 unspecified atom stereocenters. The molecule has 0 aliphatic carbocycles. The molecule has 27 heavy (non-hydrogen) atoms. The number of ether oxygens (including phenoxy) is 2. The molecular weight excluding hydrogens is 340 g/mol. The topological polar surface area (TPSA) is 50.8 Å². The summed E-state index contributed by atoms with van der Waals surface area (Å²) in [5.74, 6) is 1.85. The summed E-state index contributed by atoms with van der Waals surface area (Å²) in [5.41, 5.74) is 3.69. The lowest BCUT2D eigenvalue weighted by molar-refractivity contribution is -0.123. The van der Waals surface area contributed by atoms with E-state index in [0.29, 0.717) is 19.8 Å². The van der Waals surface area contributed by atoms with Gasteiger partial charge in [0.15, 0.2) is 0 Å². The van der Waals surface area contributed by atoms with Crippen LogP contribution < -0.4 is 14.8 Å². The van der Waals surface area contributed by atoms with E-state index in [1.165, 1.54) is 11.1 Å². The predicted octanol–water partition coefficient (Wildman–Crippen LogP) is 3.08. The van der Waals surface area contributed by atoms with E-state index in [1.54, 1.807) is 0 Å². The summed E-state index contributed by atoms with van der Waals surface area (Å²) < 4.78 is 11.3. The lowest BCUT2D eigenvalue weighted by atomic mass is 9.99. The van der Waals surface area contributed by atoms with Crippen LogP contribution in [0.3, 0.4) is 0 Å². The van der Waals surface area contributed by atoms with Crippen molar-refractivity contribution in [3.05, 3.63) is 59.2 Å². The molecule has 1 atom stereocenters. The molecule has 2 aromatic rings. The number of hydrogen-bond acceptors (Lipinski definition) is 4. The molecule has 0 saturated carbocycles. The van der Waals surface area contributed by atoms with Crippen molar-refractivity contribution in [1.29, 1.82) is 0 Å². The molecular formula is C22H26N2O3. The number of fused-ring (bicyclic) bond motifs is 2. The van der Waals surface area contributed by atoms with Gasteiger partial charge in [-0.2, -0.15) is 0 Å². The van der Waals surface area contributed by atoms with Gasteiger partial charge in [0.1, 0.15) is 11.5 Å². The van der Waals surface area contributed by atoms with Crippen molar-refractivity contribution < 1.29 is 14.3 Å². The minimum Gasteiger partial charge on any atom is -0.494 e. The van der Waals surface area contributed by atoms with E-state index in [-0.39, 0.29) is 11.9 Å². The van der Waals surface area contributed by atoms with E-state index in [1.807, 2.05) is 37.3 Å². The minimum atomic E-state index is 0.0316. The average Bonchev–Trinajstić information content (AvgIpc) is 2.68. The van der Waals surface area contributed by atoms with Crippen molar-refractivity contribution in [2.75, 3.05) is 26.3 Å². The van der Waals surface area contributed by atoms with Crippen molar-refractivity contribution in [2.45, 2.75) is 32.4 Å². The summed E-state index contributed by atoms with van der Waals surface area (Å²) in [5, 5.41) is 3.19. The van der Waals surface area contributed by atoms with Crippen molar-refractivity contribution in [2.24, 2.45) is 0 Å². The highest BCUT2D eigenvalue weighted by Gasteiger charge is 2.24. The number of benzene rings is 2. The van der Waals surface area contributed by atoms with Gasteiger partial charge in [-0.25, -0.2) is 0 Å². The molecule has 0 bridgehead atoms. The lowest BCUT2D eigenvalue weighted by Gasteiger charge is -2.30. The number of nitrogens with zero attached hydrogens (tertiary/aromatic N) is 1. The van der Waals surface area contributed by atoms with Gasteiger partial charge in [0.05, 0.1) is 25.8 Å². The number of para-hydroxylation sites is 1. The van der Waals surface area contributed by atoms with Crippen LogP contribution in [0.4, 0.5) is 0 Å². The molecule has 2 heterocycles. The van der Waals surface area contributed by atoms with Crippen molar-refractivity contribution in [3.63, 3.8) is 0 Å². The first-order valence-electron chi connectivity index (χ1n) is 9.71. The smallest absolute Gasteiger partial charge is 0.234 e. The van der Waals surface area contributed by atoms with Crippen LogP contribution in [0.5, 0.6) is 11.5 Å². The van der Waals surface area contributed by atoms with E-state index in [4.69, 9.17) is 9.47 Å². The van der Waals surface area contributed by atoms with Crippen LogP contribution in [0.1, 0.15) is 36.1 Å². The molecule has 142 valence electrons. The van der Waals surface area contributed by atoms with Crippen LogP contribution >= 0.6 is 0 Å². The fourth-order valence-electron chi connectivity index (χ4n) is 3.92. The zero-order chi connectivity index (χ0) is 18.6. The van der Waals surface area contributed by atoms with Gasteiger partial charge < -0.3 is 14.8 Å². The minimum absolute atomic E-state index is 0.0316. The molecule has 5 nitrogen and oxygen atoms in total. The third kappa shape index (κ3) is 4.08. The number of rotatable bonds is 5. The molecule has 0 aromatic heterocycles. The summed E-state index contributed by atoms with van der Waals surface area (Å²) in [6, 6.07) is 14.3. The predicted molar refractivity (Wildman–Crippen MR) is 104 cm³/mol. The zero-order valence-electron chi connectivity index (χ0n) is 15.7. The van der Waals surface area contributed by atoms with Crippen molar-refractivity contribution >= 4 is 5.91 Å². The van der Waals surface area contributed by atoms with E-state index in [2.05, 4.69) is 22.3 Å². The highest BCUT2D eigenvalue weighted by molar-refractivity contribution is 5.78. The number of amides is 1. The SMILES string of the molecule is CCOc1ccc2c(c1)CN(CC(=O)NC1CCOc3ccccc31)CC2. The van der Waals surface area contributed by atoms with Crippen LogP contribution in [0.25, 0.3) is 0 Å². The molecule has 1 N–H and O–H groups in total. The zero-order valence-corrected chi connectivity index (χ0v) is 15.7. The maximum Gasteiger partial charge on any atom is 0.234 e. The second kappa shape index (κ2) is 8.01. The van der Waals surface area contributed by atoms with E-state index < -0.39 is 0 Å². The normalized spacial score (nSPS) is 18.8. The number of carbonyl (C=O) groups excluding carboxylic acids is 1. The van der Waals surface area contributed by atoms with E-state index in [0.717, 1.165) is 43.0 Å². The Kier molecular flexibility index (Phi) is 5.30. The first-order chi connectivity index (χ1) is 13.2. The second-order valence-electron chi connectivity index (χ2n) is 7.12. The molecule has 5 heteroatoms. The maximum atomic E-state index is 12.7. The van der Waals surface area contributed by atoms with Gasteiger partial charge in [-0.3, -0.25) is 9.69 Å². The van der Waals surface area contributed by atoms with Gasteiger partial charge in [0, 0.05) is 25.1 Å². The third-order valence-corrected chi connectivity index (χ3v) is 5.24. The average molecular weight is 366 g/mol. The van der Waals surface area contributed by atoms with Gasteiger partial charge in [-0.15, -0.1) is 0 Å². The summed E-state index contributed by atoms with van der Waals surface area (Å²) in [6.45, 7) is 5.39. The molecule has 0 fully saturated rings. The number of nitrogens with one attached hydrogen (secondary N) is 1. The molecule has 0 radical (unpaired) electrons. The fraction of sp³-hybridized carbons (Fsp3) is 0.409.